The number of amides is 2. The second-order valence-electron chi connectivity index (χ2n) is 7.83. The zero-order valence-corrected chi connectivity index (χ0v) is 17.4. The van der Waals surface area contributed by atoms with E-state index in [0.29, 0.717) is 16.8 Å². The fourth-order valence-electron chi connectivity index (χ4n) is 3.55. The lowest BCUT2D eigenvalue weighted by Crippen LogP contribution is -2.25. The smallest absolute Gasteiger partial charge is 0.255 e. The molecule has 158 valence electrons. The van der Waals surface area contributed by atoms with Crippen LogP contribution >= 0.6 is 0 Å². The second kappa shape index (κ2) is 8.51. The number of anilines is 1. The zero-order valence-electron chi connectivity index (χ0n) is 17.4. The molecule has 1 heterocycles. The molecule has 0 unspecified atom stereocenters. The highest BCUT2D eigenvalue weighted by Gasteiger charge is 2.23. The molecule has 4 aromatic rings. The van der Waals surface area contributed by atoms with E-state index >= 15 is 0 Å². The topological polar surface area (TPSA) is 76.0 Å². The minimum atomic E-state index is -0.250. The van der Waals surface area contributed by atoms with Gasteiger partial charge in [0.25, 0.3) is 11.8 Å². The molecule has 0 aliphatic heterocycles. The van der Waals surface area contributed by atoms with Gasteiger partial charge in [0, 0.05) is 28.4 Å². The Morgan fingerprint density at radius 3 is 2.34 bits per heavy atom. The maximum Gasteiger partial charge on any atom is 0.255 e. The van der Waals surface area contributed by atoms with Crippen LogP contribution in [0, 0.1) is 0 Å². The van der Waals surface area contributed by atoms with Crippen LogP contribution in [0.1, 0.15) is 33.6 Å². The third-order valence-corrected chi connectivity index (χ3v) is 5.36. The lowest BCUT2D eigenvalue weighted by atomic mass is 10.1. The molecule has 1 saturated carbocycles. The Morgan fingerprint density at radius 2 is 1.56 bits per heavy atom. The molecule has 3 aromatic carbocycles. The fraction of sp³-hybridized carbons (Fsp3) is 0.115. The number of hydrogen-bond acceptors (Lipinski definition) is 3. The quantitative estimate of drug-likeness (QED) is 0.474. The third-order valence-electron chi connectivity index (χ3n) is 5.36. The highest BCUT2D eigenvalue weighted by atomic mass is 16.2. The number of carbonyl (C=O) groups excluding carboxylic acids is 2. The Morgan fingerprint density at radius 1 is 0.812 bits per heavy atom. The summed E-state index contributed by atoms with van der Waals surface area (Å²) in [7, 11) is 0. The predicted molar refractivity (Wildman–Crippen MR) is 124 cm³/mol. The molecule has 5 rings (SSSR count). The molecule has 0 atom stereocenters. The second-order valence-corrected chi connectivity index (χ2v) is 7.83. The number of carbonyl (C=O) groups is 2. The maximum atomic E-state index is 12.9. The van der Waals surface area contributed by atoms with E-state index in [1.807, 2.05) is 53.2 Å². The van der Waals surface area contributed by atoms with Crippen LogP contribution in [0.4, 0.5) is 5.69 Å². The molecular formula is C26H22N4O2. The van der Waals surface area contributed by atoms with Crippen LogP contribution in [0.5, 0.6) is 0 Å². The fourth-order valence-corrected chi connectivity index (χ4v) is 3.55. The Bertz CT molecular complexity index is 1280. The largest absolute Gasteiger partial charge is 0.349 e. The van der Waals surface area contributed by atoms with Gasteiger partial charge in [0.1, 0.15) is 0 Å². The SMILES string of the molecule is O=C(Nc1cccc(C(=O)NC2CC2)c1)c1cccc(-n2nccc2-c2ccccc2)c1. The van der Waals surface area contributed by atoms with Crippen molar-refractivity contribution in [3.63, 3.8) is 0 Å². The average Bonchev–Trinajstić information content (AvgIpc) is 3.51. The third kappa shape index (κ3) is 4.30. The van der Waals surface area contributed by atoms with E-state index in [0.717, 1.165) is 29.8 Å². The van der Waals surface area contributed by atoms with Crippen molar-refractivity contribution >= 4 is 17.5 Å². The number of benzene rings is 3. The summed E-state index contributed by atoms with van der Waals surface area (Å²) in [5, 5.41) is 10.3. The van der Waals surface area contributed by atoms with Gasteiger partial charge in [-0.15, -0.1) is 0 Å². The molecule has 2 amide bonds. The lowest BCUT2D eigenvalue weighted by molar-refractivity contribution is 0.0949. The minimum Gasteiger partial charge on any atom is -0.349 e. The van der Waals surface area contributed by atoms with E-state index in [-0.39, 0.29) is 17.9 Å². The van der Waals surface area contributed by atoms with Gasteiger partial charge in [-0.3, -0.25) is 9.59 Å². The predicted octanol–water partition coefficient (Wildman–Crippen LogP) is 4.68. The maximum absolute atomic E-state index is 12.9. The number of aromatic nitrogens is 2. The highest BCUT2D eigenvalue weighted by Crippen LogP contribution is 2.23. The normalized spacial score (nSPS) is 12.9. The molecule has 1 fully saturated rings. The van der Waals surface area contributed by atoms with Gasteiger partial charge in [0.05, 0.1) is 17.6 Å². The summed E-state index contributed by atoms with van der Waals surface area (Å²) in [6.07, 6.45) is 3.80. The minimum absolute atomic E-state index is 0.113. The van der Waals surface area contributed by atoms with E-state index in [9.17, 15) is 9.59 Å². The van der Waals surface area contributed by atoms with Crippen LogP contribution in [-0.4, -0.2) is 27.6 Å². The van der Waals surface area contributed by atoms with Gasteiger partial charge in [0.2, 0.25) is 0 Å². The summed E-state index contributed by atoms with van der Waals surface area (Å²) < 4.78 is 1.81. The first-order valence-electron chi connectivity index (χ1n) is 10.6. The molecule has 1 aliphatic rings. The first-order chi connectivity index (χ1) is 15.7. The number of nitrogens with one attached hydrogen (secondary N) is 2. The first-order valence-corrected chi connectivity index (χ1v) is 10.6. The van der Waals surface area contributed by atoms with E-state index in [1.165, 1.54) is 0 Å². The summed E-state index contributed by atoms with van der Waals surface area (Å²) in [4.78, 5) is 25.2. The monoisotopic (exact) mass is 422 g/mol. The molecule has 1 aromatic heterocycles. The van der Waals surface area contributed by atoms with Crippen molar-refractivity contribution in [3.05, 3.63) is 102 Å². The average molecular weight is 422 g/mol. The Hall–Kier alpha value is -4.19. The van der Waals surface area contributed by atoms with Crippen LogP contribution in [0.3, 0.4) is 0 Å². The molecule has 1 aliphatic carbocycles. The standard InChI is InChI=1S/C26H22N4O2/c31-25(28-21-12-13-21)19-8-4-10-22(16-19)29-26(32)20-9-5-11-23(17-20)30-24(14-15-27-30)18-6-2-1-3-7-18/h1-11,14-17,21H,12-13H2,(H,28,31)(H,29,32). The van der Waals surface area contributed by atoms with Crippen molar-refractivity contribution in [1.29, 1.82) is 0 Å². The molecule has 0 saturated heterocycles. The van der Waals surface area contributed by atoms with Crippen molar-refractivity contribution < 1.29 is 9.59 Å². The van der Waals surface area contributed by atoms with Gasteiger partial charge in [-0.05, 0) is 55.3 Å². The van der Waals surface area contributed by atoms with Gasteiger partial charge in [-0.1, -0.05) is 42.5 Å². The number of hydrogen-bond donors (Lipinski definition) is 2. The van der Waals surface area contributed by atoms with Crippen molar-refractivity contribution in [2.45, 2.75) is 18.9 Å². The highest BCUT2D eigenvalue weighted by molar-refractivity contribution is 6.05. The van der Waals surface area contributed by atoms with Crippen molar-refractivity contribution in [1.82, 2.24) is 15.1 Å². The summed E-state index contributed by atoms with van der Waals surface area (Å²) in [6, 6.07) is 26.5. The molecule has 6 nitrogen and oxygen atoms in total. The number of nitrogens with zero attached hydrogens (tertiary/aromatic N) is 2. The van der Waals surface area contributed by atoms with Crippen molar-refractivity contribution in [2.75, 3.05) is 5.32 Å². The van der Waals surface area contributed by atoms with E-state index in [2.05, 4.69) is 15.7 Å². The summed E-state index contributed by atoms with van der Waals surface area (Å²) in [5.74, 6) is -0.363. The Balaban J connectivity index is 1.36. The molecule has 0 spiro atoms. The van der Waals surface area contributed by atoms with Crippen LogP contribution in [0.2, 0.25) is 0 Å². The first kappa shape index (κ1) is 19.8. The number of rotatable bonds is 6. The van der Waals surface area contributed by atoms with Crippen molar-refractivity contribution in [2.24, 2.45) is 0 Å². The van der Waals surface area contributed by atoms with Crippen molar-refractivity contribution in [3.8, 4) is 16.9 Å². The van der Waals surface area contributed by atoms with E-state index in [1.54, 1.807) is 42.6 Å². The van der Waals surface area contributed by atoms with Gasteiger partial charge < -0.3 is 10.6 Å². The molecule has 0 bridgehead atoms. The van der Waals surface area contributed by atoms with Gasteiger partial charge in [-0.25, -0.2) is 4.68 Å². The summed E-state index contributed by atoms with van der Waals surface area (Å²) in [6.45, 7) is 0. The van der Waals surface area contributed by atoms with Gasteiger partial charge in [-0.2, -0.15) is 5.10 Å². The van der Waals surface area contributed by atoms with Crippen LogP contribution in [0.25, 0.3) is 16.9 Å². The Kier molecular flexibility index (Phi) is 5.25. The summed E-state index contributed by atoms with van der Waals surface area (Å²) >= 11 is 0. The van der Waals surface area contributed by atoms with Gasteiger partial charge in [0.15, 0.2) is 0 Å². The van der Waals surface area contributed by atoms with Crippen LogP contribution in [0.15, 0.2) is 91.1 Å². The molecule has 2 N–H and O–H groups in total. The van der Waals surface area contributed by atoms with Gasteiger partial charge >= 0.3 is 0 Å². The van der Waals surface area contributed by atoms with E-state index in [4.69, 9.17) is 0 Å². The van der Waals surface area contributed by atoms with E-state index < -0.39 is 0 Å². The van der Waals surface area contributed by atoms with Crippen LogP contribution < -0.4 is 10.6 Å². The molecule has 32 heavy (non-hydrogen) atoms. The molecule has 6 heteroatoms. The van der Waals surface area contributed by atoms with Crippen LogP contribution in [-0.2, 0) is 0 Å². The molecule has 0 radical (unpaired) electrons. The Labute approximate surface area is 185 Å². The molecular weight excluding hydrogens is 400 g/mol. The zero-order chi connectivity index (χ0) is 21.9. The lowest BCUT2D eigenvalue weighted by Gasteiger charge is -2.11. The summed E-state index contributed by atoms with van der Waals surface area (Å²) in [5.41, 5.74) is 4.39.